The fraction of sp³-hybridized carbons (Fsp3) is 0.562. The third-order valence-electron chi connectivity index (χ3n) is 3.10. The number of nitrogens with one attached hydrogen (secondary N) is 1. The van der Waals surface area contributed by atoms with Gasteiger partial charge in [-0.15, -0.1) is 0 Å². The maximum atomic E-state index is 12.4. The number of carbonyl (C=O) groups excluding carboxylic acids is 1. The first-order chi connectivity index (χ1) is 9.81. The topological polar surface area (TPSA) is 67.6 Å². The Bertz CT molecular complexity index is 463. The highest BCUT2D eigenvalue weighted by atomic mass is 16.5. The number of nitrogen functional groups attached to an aromatic ring is 1. The first-order valence-electron chi connectivity index (χ1n) is 7.22. The monoisotopic (exact) mass is 293 g/mol. The van der Waals surface area contributed by atoms with E-state index in [1.165, 1.54) is 0 Å². The minimum absolute atomic E-state index is 0.111. The number of hydrogen-bond donors (Lipinski definition) is 2. The molecule has 0 radical (unpaired) electrons. The number of hydrogen-bond acceptors (Lipinski definition) is 4. The predicted octanol–water partition coefficient (Wildman–Crippen LogP) is 1.98. The van der Waals surface area contributed by atoms with Crippen LogP contribution < -0.4 is 15.8 Å². The van der Waals surface area contributed by atoms with E-state index in [9.17, 15) is 4.79 Å². The summed E-state index contributed by atoms with van der Waals surface area (Å²) in [6.07, 6.45) is 0.934. The molecule has 0 aliphatic rings. The molecule has 0 aliphatic carbocycles. The minimum Gasteiger partial charge on any atom is -0.497 e. The van der Waals surface area contributed by atoms with E-state index >= 15 is 0 Å². The van der Waals surface area contributed by atoms with Crippen LogP contribution in [-0.2, 0) is 0 Å². The molecule has 5 heteroatoms. The standard InChI is InChI=1S/C16H27N3O2/c1-11(2)6-14(10-19(3)4)18-16(20)12-7-13(17)9-15(8-12)21-5/h7-9,11,14H,6,10,17H2,1-5H3,(H,18,20). The van der Waals surface area contributed by atoms with Gasteiger partial charge in [0.05, 0.1) is 7.11 Å². The smallest absolute Gasteiger partial charge is 0.251 e. The van der Waals surface area contributed by atoms with Crippen LogP contribution in [0, 0.1) is 5.92 Å². The Balaban J connectivity index is 2.83. The minimum atomic E-state index is -0.117. The summed E-state index contributed by atoms with van der Waals surface area (Å²) in [6.45, 7) is 5.11. The van der Waals surface area contributed by atoms with E-state index in [-0.39, 0.29) is 11.9 Å². The van der Waals surface area contributed by atoms with Gasteiger partial charge in [0.25, 0.3) is 5.91 Å². The average Bonchev–Trinajstić information content (AvgIpc) is 2.36. The van der Waals surface area contributed by atoms with Crippen molar-refractivity contribution in [2.75, 3.05) is 33.5 Å². The summed E-state index contributed by atoms with van der Waals surface area (Å²) in [5, 5.41) is 3.08. The van der Waals surface area contributed by atoms with Crippen LogP contribution in [0.25, 0.3) is 0 Å². The summed E-state index contributed by atoms with van der Waals surface area (Å²) in [6, 6.07) is 5.18. The first kappa shape index (κ1) is 17.3. The van der Waals surface area contributed by atoms with Crippen LogP contribution in [0.5, 0.6) is 5.75 Å². The Kier molecular flexibility index (Phi) is 6.49. The fourth-order valence-corrected chi connectivity index (χ4v) is 2.33. The number of amides is 1. The molecular formula is C16H27N3O2. The van der Waals surface area contributed by atoms with Crippen LogP contribution in [0.3, 0.4) is 0 Å². The zero-order valence-corrected chi connectivity index (χ0v) is 13.6. The average molecular weight is 293 g/mol. The summed E-state index contributed by atoms with van der Waals surface area (Å²) in [7, 11) is 5.57. The molecular weight excluding hydrogens is 266 g/mol. The molecule has 0 bridgehead atoms. The molecule has 0 fully saturated rings. The molecule has 118 valence electrons. The summed E-state index contributed by atoms with van der Waals surface area (Å²) in [5.74, 6) is 0.992. The van der Waals surface area contributed by atoms with E-state index in [2.05, 4.69) is 24.1 Å². The SMILES string of the molecule is COc1cc(N)cc(C(=O)NC(CC(C)C)CN(C)C)c1. The van der Waals surface area contributed by atoms with E-state index in [0.717, 1.165) is 13.0 Å². The summed E-state index contributed by atoms with van der Waals surface area (Å²) in [4.78, 5) is 14.5. The third kappa shape index (κ3) is 6.04. The molecule has 0 heterocycles. The number of likely N-dealkylation sites (N-methyl/N-ethyl adjacent to an activating group) is 1. The van der Waals surface area contributed by atoms with Gasteiger partial charge in [0.2, 0.25) is 0 Å². The van der Waals surface area contributed by atoms with Crippen LogP contribution in [0.15, 0.2) is 18.2 Å². The highest BCUT2D eigenvalue weighted by Crippen LogP contribution is 2.18. The van der Waals surface area contributed by atoms with E-state index in [4.69, 9.17) is 10.5 Å². The number of nitrogens with two attached hydrogens (primary N) is 1. The van der Waals surface area contributed by atoms with Crippen molar-refractivity contribution in [2.45, 2.75) is 26.3 Å². The van der Waals surface area contributed by atoms with Gasteiger partial charge >= 0.3 is 0 Å². The van der Waals surface area contributed by atoms with Gasteiger partial charge in [-0.1, -0.05) is 13.8 Å². The number of methoxy groups -OCH3 is 1. The van der Waals surface area contributed by atoms with E-state index < -0.39 is 0 Å². The van der Waals surface area contributed by atoms with Crippen LogP contribution in [0.4, 0.5) is 5.69 Å². The van der Waals surface area contributed by atoms with Crippen molar-refractivity contribution < 1.29 is 9.53 Å². The number of rotatable bonds is 7. The molecule has 21 heavy (non-hydrogen) atoms. The molecule has 1 atom stereocenters. The van der Waals surface area contributed by atoms with Crippen LogP contribution in [-0.4, -0.2) is 44.6 Å². The van der Waals surface area contributed by atoms with Gasteiger partial charge in [-0.2, -0.15) is 0 Å². The Hall–Kier alpha value is -1.75. The number of anilines is 1. The number of benzene rings is 1. The molecule has 1 rings (SSSR count). The number of carbonyl (C=O) groups is 1. The zero-order valence-electron chi connectivity index (χ0n) is 13.6. The largest absolute Gasteiger partial charge is 0.497 e. The Morgan fingerprint density at radius 3 is 2.52 bits per heavy atom. The lowest BCUT2D eigenvalue weighted by molar-refractivity contribution is 0.0924. The van der Waals surface area contributed by atoms with Crippen molar-refractivity contribution in [3.05, 3.63) is 23.8 Å². The lowest BCUT2D eigenvalue weighted by Crippen LogP contribution is -2.42. The predicted molar refractivity (Wildman–Crippen MR) is 86.7 cm³/mol. The third-order valence-corrected chi connectivity index (χ3v) is 3.10. The van der Waals surface area contributed by atoms with Gasteiger partial charge in [0.1, 0.15) is 5.75 Å². The Morgan fingerprint density at radius 1 is 1.33 bits per heavy atom. The van der Waals surface area contributed by atoms with Crippen molar-refractivity contribution in [3.8, 4) is 5.75 Å². The van der Waals surface area contributed by atoms with Crippen molar-refractivity contribution >= 4 is 11.6 Å². The molecule has 3 N–H and O–H groups in total. The van der Waals surface area contributed by atoms with Crippen molar-refractivity contribution in [1.82, 2.24) is 10.2 Å². The molecule has 0 saturated carbocycles. The molecule has 0 spiro atoms. The molecule has 1 unspecified atom stereocenters. The van der Waals surface area contributed by atoms with Gasteiger partial charge in [0.15, 0.2) is 0 Å². The van der Waals surface area contributed by atoms with Crippen molar-refractivity contribution in [2.24, 2.45) is 5.92 Å². The number of ether oxygens (including phenoxy) is 1. The summed E-state index contributed by atoms with van der Waals surface area (Å²) in [5.41, 5.74) is 6.84. The fourth-order valence-electron chi connectivity index (χ4n) is 2.33. The lowest BCUT2D eigenvalue weighted by atomic mass is 10.0. The van der Waals surface area contributed by atoms with Crippen molar-refractivity contribution in [3.63, 3.8) is 0 Å². The molecule has 1 aromatic rings. The van der Waals surface area contributed by atoms with Gasteiger partial charge in [0, 0.05) is 29.9 Å². The second-order valence-corrected chi connectivity index (χ2v) is 6.06. The molecule has 1 amide bonds. The van der Waals surface area contributed by atoms with Gasteiger partial charge in [-0.25, -0.2) is 0 Å². The molecule has 0 aromatic heterocycles. The van der Waals surface area contributed by atoms with E-state index in [1.54, 1.807) is 25.3 Å². The second-order valence-electron chi connectivity index (χ2n) is 6.06. The van der Waals surface area contributed by atoms with Crippen molar-refractivity contribution in [1.29, 1.82) is 0 Å². The molecule has 1 aromatic carbocycles. The zero-order chi connectivity index (χ0) is 16.0. The van der Waals surface area contributed by atoms with E-state index in [1.807, 2.05) is 14.1 Å². The van der Waals surface area contributed by atoms with E-state index in [0.29, 0.717) is 22.9 Å². The Labute approximate surface area is 127 Å². The normalized spacial score (nSPS) is 12.5. The van der Waals surface area contributed by atoms with Gasteiger partial charge < -0.3 is 20.7 Å². The second kappa shape index (κ2) is 7.88. The van der Waals surface area contributed by atoms with Crippen LogP contribution >= 0.6 is 0 Å². The molecule has 0 aliphatic heterocycles. The molecule has 5 nitrogen and oxygen atoms in total. The highest BCUT2D eigenvalue weighted by Gasteiger charge is 2.17. The maximum Gasteiger partial charge on any atom is 0.251 e. The summed E-state index contributed by atoms with van der Waals surface area (Å²) < 4.78 is 5.15. The maximum absolute atomic E-state index is 12.4. The van der Waals surface area contributed by atoms with Crippen LogP contribution in [0.2, 0.25) is 0 Å². The first-order valence-corrected chi connectivity index (χ1v) is 7.22. The quantitative estimate of drug-likeness (QED) is 0.754. The summed E-state index contributed by atoms with van der Waals surface area (Å²) >= 11 is 0. The molecule has 0 saturated heterocycles. The number of nitrogens with zero attached hydrogens (tertiary/aromatic N) is 1. The van der Waals surface area contributed by atoms with Crippen LogP contribution in [0.1, 0.15) is 30.6 Å². The van der Waals surface area contributed by atoms with Gasteiger partial charge in [-0.05, 0) is 38.6 Å². The lowest BCUT2D eigenvalue weighted by Gasteiger charge is -2.24. The highest BCUT2D eigenvalue weighted by molar-refractivity contribution is 5.95. The van der Waals surface area contributed by atoms with Gasteiger partial charge in [-0.3, -0.25) is 4.79 Å². The Morgan fingerprint density at radius 2 is 2.00 bits per heavy atom.